The van der Waals surface area contributed by atoms with E-state index in [4.69, 9.17) is 5.73 Å². The normalized spacial score (nSPS) is 26.0. The molecule has 0 bridgehead atoms. The Kier molecular flexibility index (Phi) is 7.89. The Morgan fingerprint density at radius 3 is 2.32 bits per heavy atom. The number of benzene rings is 2. The fourth-order valence-corrected chi connectivity index (χ4v) is 7.73. The number of likely N-dealkylation sites (N-methyl/N-ethyl adjacent to an activating group) is 1. The van der Waals surface area contributed by atoms with Crippen molar-refractivity contribution in [2.75, 3.05) is 51.5 Å². The number of anilines is 2. The highest BCUT2D eigenvalue weighted by Gasteiger charge is 2.64. The van der Waals surface area contributed by atoms with Crippen molar-refractivity contribution in [3.05, 3.63) is 70.0 Å². The molecule has 47 heavy (non-hydrogen) atoms. The van der Waals surface area contributed by atoms with Crippen LogP contribution in [0.1, 0.15) is 23.1 Å². The lowest BCUT2D eigenvalue weighted by molar-refractivity contribution is -0.153. The van der Waals surface area contributed by atoms with Crippen LogP contribution in [-0.2, 0) is 32.1 Å². The number of phenolic OH excluding ortho intramolecular Hbond substituents is 1. The van der Waals surface area contributed by atoms with Gasteiger partial charge in [-0.25, -0.2) is 0 Å². The highest BCUT2D eigenvalue weighted by Crippen LogP contribution is 2.54. The number of rotatable bonds is 7. The first-order chi connectivity index (χ1) is 22.2. The molecule has 2 fully saturated rings. The van der Waals surface area contributed by atoms with E-state index in [1.807, 2.05) is 30.3 Å². The fraction of sp³-hybridized carbons (Fsp3) is 0.412. The van der Waals surface area contributed by atoms with Crippen LogP contribution in [0.15, 0.2) is 53.3 Å². The second-order valence-corrected chi connectivity index (χ2v) is 13.4. The van der Waals surface area contributed by atoms with E-state index in [1.54, 1.807) is 39.2 Å². The zero-order valence-electron chi connectivity index (χ0n) is 26.6. The molecular formula is C34H39N5O8. The first kappa shape index (κ1) is 32.2. The van der Waals surface area contributed by atoms with Gasteiger partial charge >= 0.3 is 0 Å². The van der Waals surface area contributed by atoms with E-state index in [-0.39, 0.29) is 41.5 Å². The lowest BCUT2D eigenvalue weighted by Crippen LogP contribution is -2.65. The second kappa shape index (κ2) is 11.5. The van der Waals surface area contributed by atoms with Gasteiger partial charge in [-0.2, -0.15) is 0 Å². The summed E-state index contributed by atoms with van der Waals surface area (Å²) in [5, 5.41) is 48.9. The molecule has 1 aliphatic heterocycles. The number of Topliss-reactive ketones (excluding diaryl/α,β-unsaturated/α-hetero) is 2. The van der Waals surface area contributed by atoms with E-state index >= 15 is 0 Å². The van der Waals surface area contributed by atoms with Crippen molar-refractivity contribution in [2.24, 2.45) is 23.5 Å². The molecule has 2 aromatic carbocycles. The summed E-state index contributed by atoms with van der Waals surface area (Å²) in [5.74, 6) is -7.91. The molecule has 1 saturated heterocycles. The minimum absolute atomic E-state index is 0.0148. The van der Waals surface area contributed by atoms with Gasteiger partial charge in [-0.05, 0) is 50.0 Å². The van der Waals surface area contributed by atoms with Crippen molar-refractivity contribution >= 4 is 40.5 Å². The molecule has 1 saturated carbocycles. The number of hydrogen-bond acceptors (Lipinski definition) is 11. The number of nitrogens with zero attached hydrogens (tertiary/aromatic N) is 3. The third kappa shape index (κ3) is 4.96. The maximum Gasteiger partial charge on any atom is 0.255 e. The molecule has 4 atom stereocenters. The average molecular weight is 646 g/mol. The van der Waals surface area contributed by atoms with Crippen LogP contribution >= 0.6 is 0 Å². The minimum Gasteiger partial charge on any atom is -0.508 e. The van der Waals surface area contributed by atoms with Gasteiger partial charge in [0.1, 0.15) is 22.8 Å². The summed E-state index contributed by atoms with van der Waals surface area (Å²) < 4.78 is 0. The lowest BCUT2D eigenvalue weighted by atomic mass is 9.57. The standard InChI is InChI=1S/C34H39N5O8/c1-37(2)22-12-21(36-33(46)18-14-39(15-18)13-16-8-6-5-7-9-16)27(40)24-19(22)10-17-11-20-26(38(3)4)29(42)25(32(35)45)31(44)34(20,47)30(43)23(17)28(24)41/h5-9,12,17-18,20,26,40-41,44,47H,10-11,13-15H2,1-4H3,(H2,35,45)(H,36,46)/t17-,20-,26-,34-/m0/s1. The number of fused-ring (bicyclic) bond motifs is 3. The van der Waals surface area contributed by atoms with Crippen molar-refractivity contribution in [3.63, 3.8) is 0 Å². The Balaban J connectivity index is 1.36. The lowest BCUT2D eigenvalue weighted by Gasteiger charge is -2.50. The SMILES string of the molecule is CN(C)c1cc(NC(=O)C2CN(Cc3ccccc3)C2)c(O)c2c1C[C@H]1C[C@H]3[C@H](N(C)C)C(=O)C(C(N)=O)=C(O)[C@@]3(O)C(=O)C1=C2O. The number of likely N-dealkylation sites (tertiary alicyclic amines) is 1. The van der Waals surface area contributed by atoms with Crippen molar-refractivity contribution < 1.29 is 39.6 Å². The molecule has 0 aromatic heterocycles. The van der Waals surface area contributed by atoms with Gasteiger partial charge in [0.25, 0.3) is 5.91 Å². The van der Waals surface area contributed by atoms with Gasteiger partial charge in [0.15, 0.2) is 11.4 Å². The maximum absolute atomic E-state index is 14.2. The number of ketones is 2. The third-order valence-electron chi connectivity index (χ3n) is 10.0. The van der Waals surface area contributed by atoms with E-state index in [0.29, 0.717) is 30.9 Å². The Labute approximate surface area is 271 Å². The zero-order chi connectivity index (χ0) is 34.1. The van der Waals surface area contributed by atoms with Gasteiger partial charge in [-0.1, -0.05) is 30.3 Å². The summed E-state index contributed by atoms with van der Waals surface area (Å²) in [6.45, 7) is 1.76. The Hall–Kier alpha value is -4.72. The molecule has 4 aliphatic rings. The molecule has 2 amide bonds. The van der Waals surface area contributed by atoms with Gasteiger partial charge in [0.2, 0.25) is 11.7 Å². The molecule has 0 unspecified atom stereocenters. The van der Waals surface area contributed by atoms with Crippen molar-refractivity contribution in [1.82, 2.24) is 9.80 Å². The summed E-state index contributed by atoms with van der Waals surface area (Å²) in [6.07, 6.45) is 0.125. The van der Waals surface area contributed by atoms with Gasteiger partial charge in [0.05, 0.1) is 23.2 Å². The number of aromatic hydroxyl groups is 1. The van der Waals surface area contributed by atoms with Crippen molar-refractivity contribution in [1.29, 1.82) is 0 Å². The van der Waals surface area contributed by atoms with Crippen molar-refractivity contribution in [2.45, 2.75) is 31.0 Å². The number of amides is 2. The number of primary amides is 1. The number of nitrogens with two attached hydrogens (primary N) is 1. The van der Waals surface area contributed by atoms with E-state index in [0.717, 1.165) is 5.56 Å². The molecule has 6 rings (SSSR count). The predicted octanol–water partition coefficient (Wildman–Crippen LogP) is 1.10. The second-order valence-electron chi connectivity index (χ2n) is 13.4. The summed E-state index contributed by atoms with van der Waals surface area (Å²) >= 11 is 0. The third-order valence-corrected chi connectivity index (χ3v) is 10.0. The molecule has 3 aliphatic carbocycles. The molecule has 248 valence electrons. The minimum atomic E-state index is -2.73. The number of nitrogens with one attached hydrogen (secondary N) is 1. The van der Waals surface area contributed by atoms with E-state index < -0.39 is 63.8 Å². The molecule has 0 radical (unpaired) electrons. The number of aliphatic hydroxyl groups excluding tert-OH is 2. The Morgan fingerprint density at radius 1 is 1.06 bits per heavy atom. The first-order valence-corrected chi connectivity index (χ1v) is 15.4. The van der Waals surface area contributed by atoms with E-state index in [1.165, 1.54) is 4.90 Å². The van der Waals surface area contributed by atoms with Crippen LogP contribution in [0.3, 0.4) is 0 Å². The topological polar surface area (TPSA) is 197 Å². The number of carbonyl (C=O) groups excluding carboxylic acids is 4. The van der Waals surface area contributed by atoms with Crippen molar-refractivity contribution in [3.8, 4) is 5.75 Å². The van der Waals surface area contributed by atoms with Gasteiger partial charge in [-0.3, -0.25) is 29.0 Å². The fourth-order valence-electron chi connectivity index (χ4n) is 7.73. The van der Waals surface area contributed by atoms with E-state index in [2.05, 4.69) is 10.2 Å². The van der Waals surface area contributed by atoms with Crippen LogP contribution in [0, 0.1) is 17.8 Å². The van der Waals surface area contributed by atoms with Crippen LogP contribution in [0.2, 0.25) is 0 Å². The molecular weight excluding hydrogens is 606 g/mol. The van der Waals surface area contributed by atoms with Gasteiger partial charge in [-0.15, -0.1) is 0 Å². The highest BCUT2D eigenvalue weighted by molar-refractivity contribution is 6.24. The highest BCUT2D eigenvalue weighted by atomic mass is 16.3. The van der Waals surface area contributed by atoms with Gasteiger partial charge in [0, 0.05) is 50.9 Å². The zero-order valence-corrected chi connectivity index (χ0v) is 26.6. The molecule has 13 nitrogen and oxygen atoms in total. The average Bonchev–Trinajstić information content (AvgIpc) is 2.97. The number of aliphatic hydroxyl groups is 3. The monoisotopic (exact) mass is 645 g/mol. The summed E-state index contributed by atoms with van der Waals surface area (Å²) in [5.41, 5.74) is 3.73. The quantitative estimate of drug-likeness (QED) is 0.186. The van der Waals surface area contributed by atoms with E-state index in [9.17, 15) is 39.6 Å². The molecule has 0 spiro atoms. The summed E-state index contributed by atoms with van der Waals surface area (Å²) in [7, 11) is 6.64. The molecule has 7 N–H and O–H groups in total. The number of carbonyl (C=O) groups is 4. The van der Waals surface area contributed by atoms with Gasteiger partial charge < -0.3 is 36.4 Å². The van der Waals surface area contributed by atoms with Crippen LogP contribution in [0.25, 0.3) is 5.76 Å². The van der Waals surface area contributed by atoms with Crippen LogP contribution < -0.4 is 16.0 Å². The largest absolute Gasteiger partial charge is 0.508 e. The van der Waals surface area contributed by atoms with Crippen LogP contribution in [0.5, 0.6) is 5.75 Å². The molecule has 13 heteroatoms. The predicted molar refractivity (Wildman–Crippen MR) is 172 cm³/mol. The molecule has 1 heterocycles. The number of phenols is 1. The summed E-state index contributed by atoms with van der Waals surface area (Å²) in [4.78, 5) is 58.3. The summed E-state index contributed by atoms with van der Waals surface area (Å²) in [6, 6.07) is 10.4. The smallest absolute Gasteiger partial charge is 0.255 e. The number of hydrogen-bond donors (Lipinski definition) is 6. The van der Waals surface area contributed by atoms with Crippen LogP contribution in [-0.4, -0.2) is 107 Å². The first-order valence-electron chi connectivity index (χ1n) is 15.4. The Morgan fingerprint density at radius 2 is 1.72 bits per heavy atom. The maximum atomic E-state index is 14.2. The Bertz CT molecular complexity index is 1760. The van der Waals surface area contributed by atoms with Crippen LogP contribution in [0.4, 0.5) is 11.4 Å². The molecule has 2 aromatic rings.